The SMILES string of the molecule is COc1cc(/C=C/C(=O)C(C)C(=O)c2ccc(O[Si](C)(C)C(C)(C)C)c(OC)c2)ccc1O[Si](C)(C)C(C)(C)C. The summed E-state index contributed by atoms with van der Waals surface area (Å²) in [6.07, 6.45) is 3.14. The molecular weight excluding hydrogens is 537 g/mol. The van der Waals surface area contributed by atoms with Crippen molar-refractivity contribution in [3.05, 3.63) is 53.6 Å². The van der Waals surface area contributed by atoms with Gasteiger partial charge >= 0.3 is 0 Å². The molecule has 0 saturated heterocycles. The molecule has 2 aromatic carbocycles. The van der Waals surface area contributed by atoms with Crippen molar-refractivity contribution < 1.29 is 27.9 Å². The van der Waals surface area contributed by atoms with Crippen LogP contribution in [0.25, 0.3) is 6.08 Å². The van der Waals surface area contributed by atoms with E-state index in [1.54, 1.807) is 45.4 Å². The summed E-state index contributed by atoms with van der Waals surface area (Å²) < 4.78 is 23.9. The third-order valence-electron chi connectivity index (χ3n) is 8.24. The molecule has 1 unspecified atom stereocenters. The number of ether oxygens (including phenoxy) is 2. The lowest BCUT2D eigenvalue weighted by atomic mass is 9.94. The summed E-state index contributed by atoms with van der Waals surface area (Å²) in [5.41, 5.74) is 1.18. The maximum Gasteiger partial charge on any atom is 0.250 e. The van der Waals surface area contributed by atoms with E-state index in [0.717, 1.165) is 5.56 Å². The first-order chi connectivity index (χ1) is 18.2. The average molecular weight is 585 g/mol. The van der Waals surface area contributed by atoms with E-state index in [0.29, 0.717) is 28.6 Å². The van der Waals surface area contributed by atoms with Gasteiger partial charge in [0.2, 0.25) is 0 Å². The van der Waals surface area contributed by atoms with E-state index in [9.17, 15) is 9.59 Å². The molecule has 2 rings (SSSR count). The van der Waals surface area contributed by atoms with Gasteiger partial charge in [0.05, 0.1) is 20.1 Å². The van der Waals surface area contributed by atoms with Crippen LogP contribution < -0.4 is 18.3 Å². The van der Waals surface area contributed by atoms with Crippen molar-refractivity contribution >= 4 is 34.3 Å². The fourth-order valence-electron chi connectivity index (χ4n) is 3.34. The zero-order chi connectivity index (χ0) is 30.7. The maximum atomic E-state index is 13.2. The van der Waals surface area contributed by atoms with Gasteiger partial charge in [-0.3, -0.25) is 9.59 Å². The summed E-state index contributed by atoms with van der Waals surface area (Å²) in [5, 5.41) is 0.0651. The molecule has 0 aliphatic rings. The molecule has 0 aliphatic carbocycles. The van der Waals surface area contributed by atoms with Gasteiger partial charge in [0.25, 0.3) is 16.6 Å². The van der Waals surface area contributed by atoms with Crippen LogP contribution in [0, 0.1) is 5.92 Å². The Labute approximate surface area is 243 Å². The van der Waals surface area contributed by atoms with Crippen molar-refractivity contribution in [1.82, 2.24) is 0 Å². The first-order valence-electron chi connectivity index (χ1n) is 13.7. The van der Waals surface area contributed by atoms with E-state index in [2.05, 4.69) is 67.7 Å². The first kappa shape index (κ1) is 33.4. The van der Waals surface area contributed by atoms with E-state index in [4.69, 9.17) is 18.3 Å². The van der Waals surface area contributed by atoms with Crippen LogP contribution in [0.1, 0.15) is 64.4 Å². The van der Waals surface area contributed by atoms with Crippen LogP contribution in [0.5, 0.6) is 23.0 Å². The maximum absolute atomic E-state index is 13.2. The molecule has 6 nitrogen and oxygen atoms in total. The lowest BCUT2D eigenvalue weighted by Crippen LogP contribution is -2.43. The highest BCUT2D eigenvalue weighted by atomic mass is 28.4. The molecule has 8 heteroatoms. The quantitative estimate of drug-likeness (QED) is 0.114. The molecule has 2 aromatic rings. The largest absolute Gasteiger partial charge is 0.541 e. The fourth-order valence-corrected chi connectivity index (χ4v) is 5.38. The van der Waals surface area contributed by atoms with Gasteiger partial charge in [0, 0.05) is 5.56 Å². The molecule has 0 bridgehead atoms. The van der Waals surface area contributed by atoms with Crippen molar-refractivity contribution in [3.8, 4) is 23.0 Å². The summed E-state index contributed by atoms with van der Waals surface area (Å²) >= 11 is 0. The van der Waals surface area contributed by atoms with Crippen LogP contribution in [0.2, 0.25) is 36.3 Å². The van der Waals surface area contributed by atoms with Crippen LogP contribution >= 0.6 is 0 Å². The number of carbonyl (C=O) groups is 2. The molecule has 1 atom stereocenters. The second-order valence-electron chi connectivity index (χ2n) is 13.3. The highest BCUT2D eigenvalue weighted by Gasteiger charge is 2.40. The summed E-state index contributed by atoms with van der Waals surface area (Å²) in [7, 11) is -0.984. The second-order valence-corrected chi connectivity index (χ2v) is 22.8. The van der Waals surface area contributed by atoms with E-state index < -0.39 is 22.6 Å². The number of carbonyl (C=O) groups excluding carboxylic acids is 2. The fraction of sp³-hybridized carbons (Fsp3) is 0.500. The number of methoxy groups -OCH3 is 2. The van der Waals surface area contributed by atoms with E-state index in [1.807, 2.05) is 18.2 Å². The third kappa shape index (κ3) is 7.88. The Balaban J connectivity index is 2.20. The van der Waals surface area contributed by atoms with Crippen LogP contribution in [0.3, 0.4) is 0 Å². The Morgan fingerprint density at radius 3 is 1.62 bits per heavy atom. The minimum atomic E-state index is -2.09. The number of benzene rings is 2. The zero-order valence-electron chi connectivity index (χ0n) is 26.6. The molecule has 0 saturated carbocycles. The lowest BCUT2D eigenvalue weighted by Gasteiger charge is -2.36. The number of Topliss-reactive ketones (excluding diaryl/α,β-unsaturated/α-hetero) is 1. The van der Waals surface area contributed by atoms with E-state index in [-0.39, 0.29) is 21.6 Å². The van der Waals surface area contributed by atoms with Crippen molar-refractivity contribution in [1.29, 1.82) is 0 Å². The Hall–Kier alpha value is -2.85. The van der Waals surface area contributed by atoms with Gasteiger partial charge < -0.3 is 18.3 Å². The van der Waals surface area contributed by atoms with Crippen molar-refractivity contribution in [2.45, 2.75) is 84.7 Å². The molecule has 0 spiro atoms. The summed E-state index contributed by atoms with van der Waals surface area (Å²) in [6, 6.07) is 10.7. The van der Waals surface area contributed by atoms with Crippen molar-refractivity contribution in [2.75, 3.05) is 14.2 Å². The van der Waals surface area contributed by atoms with Gasteiger partial charge in [-0.15, -0.1) is 0 Å². The number of hydrogen-bond acceptors (Lipinski definition) is 6. The highest BCUT2D eigenvalue weighted by Crippen LogP contribution is 2.41. The topological polar surface area (TPSA) is 71.1 Å². The molecule has 220 valence electrons. The average Bonchev–Trinajstić information content (AvgIpc) is 2.85. The minimum absolute atomic E-state index is 0.0158. The van der Waals surface area contributed by atoms with Crippen LogP contribution in [0.4, 0.5) is 0 Å². The first-order valence-corrected chi connectivity index (χ1v) is 19.6. The monoisotopic (exact) mass is 584 g/mol. The van der Waals surface area contributed by atoms with Gasteiger partial charge in [0.15, 0.2) is 23.1 Å². The predicted octanol–water partition coefficient (Wildman–Crippen LogP) is 8.57. The van der Waals surface area contributed by atoms with Crippen molar-refractivity contribution in [2.24, 2.45) is 5.92 Å². The summed E-state index contributed by atoms with van der Waals surface area (Å²) in [6.45, 7) is 23.3. The Kier molecular flexibility index (Phi) is 10.3. The third-order valence-corrected chi connectivity index (χ3v) is 16.9. The Morgan fingerprint density at radius 2 is 1.18 bits per heavy atom. The molecule has 0 radical (unpaired) electrons. The van der Waals surface area contributed by atoms with E-state index >= 15 is 0 Å². The standard InChI is InChI=1S/C32H48O6Si2/c1-22(30(34)24-16-19-27(29(21-24)36-9)38-40(12,13)32(5,6)7)25(33)17-14-23-15-18-26(28(20-23)35-8)37-39(10,11)31(2,3)4/h14-22H,1-13H3/b17-14+. The minimum Gasteiger partial charge on any atom is -0.541 e. The molecule has 0 fully saturated rings. The second kappa shape index (κ2) is 12.3. The van der Waals surface area contributed by atoms with Gasteiger partial charge in [-0.25, -0.2) is 0 Å². The predicted molar refractivity (Wildman–Crippen MR) is 169 cm³/mol. The normalized spacial score (nSPS) is 13.6. The number of hydrogen-bond donors (Lipinski definition) is 0. The van der Waals surface area contributed by atoms with Crippen molar-refractivity contribution in [3.63, 3.8) is 0 Å². The molecule has 40 heavy (non-hydrogen) atoms. The van der Waals surface area contributed by atoms with Crippen LogP contribution in [-0.4, -0.2) is 42.4 Å². The summed E-state index contributed by atoms with van der Waals surface area (Å²) in [5.74, 6) is 0.981. The molecule has 0 aliphatic heterocycles. The Bertz CT molecular complexity index is 1250. The zero-order valence-corrected chi connectivity index (χ0v) is 28.6. The summed E-state index contributed by atoms with van der Waals surface area (Å²) in [4.78, 5) is 26.2. The van der Waals surface area contributed by atoms with Gasteiger partial charge in [0.1, 0.15) is 11.5 Å². The number of allylic oxidation sites excluding steroid dienone is 1. The number of rotatable bonds is 11. The van der Waals surface area contributed by atoms with Gasteiger partial charge in [-0.05, 0) is 85.2 Å². The van der Waals surface area contributed by atoms with Crippen LogP contribution in [0.15, 0.2) is 42.5 Å². The Morgan fingerprint density at radius 1 is 0.725 bits per heavy atom. The van der Waals surface area contributed by atoms with E-state index in [1.165, 1.54) is 6.08 Å². The highest BCUT2D eigenvalue weighted by molar-refractivity contribution is 6.75. The number of ketones is 2. The molecule has 0 aromatic heterocycles. The molecule has 0 heterocycles. The van der Waals surface area contributed by atoms with Gasteiger partial charge in [-0.2, -0.15) is 0 Å². The lowest BCUT2D eigenvalue weighted by molar-refractivity contribution is -0.116. The molecular formula is C32H48O6Si2. The van der Waals surface area contributed by atoms with Gasteiger partial charge in [-0.1, -0.05) is 53.7 Å². The smallest absolute Gasteiger partial charge is 0.250 e. The van der Waals surface area contributed by atoms with Crippen LogP contribution in [-0.2, 0) is 4.79 Å². The molecule has 0 amide bonds. The molecule has 0 N–H and O–H groups in total.